The zero-order chi connectivity index (χ0) is 11.4. The van der Waals surface area contributed by atoms with Crippen molar-refractivity contribution in [2.75, 3.05) is 0 Å². The summed E-state index contributed by atoms with van der Waals surface area (Å²) < 4.78 is 1.22. The summed E-state index contributed by atoms with van der Waals surface area (Å²) in [5.41, 5.74) is 2.39. The zero-order valence-corrected chi connectivity index (χ0v) is 11.5. The van der Waals surface area contributed by atoms with Gasteiger partial charge in [-0.3, -0.25) is 4.98 Å². The fraction of sp³-hybridized carbons (Fsp3) is 0.154. The molecule has 0 spiro atoms. The molecular weight excluding hydrogens is 333 g/mol. The normalized spacial score (nSPS) is 12.4. The smallest absolute Gasteiger partial charge is 0.0625 e. The second kappa shape index (κ2) is 5.64. The van der Waals surface area contributed by atoms with Gasteiger partial charge in [-0.05, 0) is 64.4 Å². The number of hydrogen-bond acceptors (Lipinski definition) is 1. The number of halogens is 2. The van der Waals surface area contributed by atoms with Gasteiger partial charge in [-0.15, -0.1) is 11.6 Å². The molecule has 0 amide bonds. The molecule has 0 N–H and O–H groups in total. The SMILES string of the molecule is ClC(Cc1ccncc1)c1cccc(I)c1. The Hall–Kier alpha value is -0.610. The van der Waals surface area contributed by atoms with Crippen LogP contribution in [0.5, 0.6) is 0 Å². The molecule has 82 valence electrons. The molecule has 1 atom stereocenters. The van der Waals surface area contributed by atoms with Gasteiger partial charge < -0.3 is 0 Å². The van der Waals surface area contributed by atoms with Crippen molar-refractivity contribution in [3.63, 3.8) is 0 Å². The van der Waals surface area contributed by atoms with Crippen LogP contribution in [0.25, 0.3) is 0 Å². The number of aromatic nitrogens is 1. The van der Waals surface area contributed by atoms with Crippen LogP contribution < -0.4 is 0 Å². The first-order chi connectivity index (χ1) is 7.75. The second-order valence-corrected chi connectivity index (χ2v) is 5.35. The molecule has 0 fully saturated rings. The molecule has 0 aliphatic carbocycles. The van der Waals surface area contributed by atoms with E-state index in [4.69, 9.17) is 11.6 Å². The fourth-order valence-electron chi connectivity index (χ4n) is 1.55. The molecular formula is C13H11ClIN. The molecule has 1 aromatic heterocycles. The Labute approximate surface area is 114 Å². The van der Waals surface area contributed by atoms with Gasteiger partial charge in [-0.1, -0.05) is 12.1 Å². The lowest BCUT2D eigenvalue weighted by Crippen LogP contribution is -1.96. The summed E-state index contributed by atoms with van der Waals surface area (Å²) in [5.74, 6) is 0. The Balaban J connectivity index is 2.12. The highest BCUT2D eigenvalue weighted by Gasteiger charge is 2.08. The standard InChI is InChI=1S/C13H11ClIN/c14-13(8-10-4-6-16-7-5-10)11-2-1-3-12(15)9-11/h1-7,9,13H,8H2. The minimum atomic E-state index is 0.0251. The van der Waals surface area contributed by atoms with Crippen LogP contribution in [0, 0.1) is 3.57 Å². The third kappa shape index (κ3) is 3.19. The maximum absolute atomic E-state index is 6.39. The van der Waals surface area contributed by atoms with Gasteiger partial charge in [0.25, 0.3) is 0 Å². The Morgan fingerprint density at radius 3 is 2.62 bits per heavy atom. The van der Waals surface area contributed by atoms with Gasteiger partial charge in [-0.2, -0.15) is 0 Å². The molecule has 0 aliphatic heterocycles. The number of pyridine rings is 1. The van der Waals surface area contributed by atoms with E-state index in [1.54, 1.807) is 12.4 Å². The van der Waals surface area contributed by atoms with Gasteiger partial charge in [-0.25, -0.2) is 0 Å². The van der Waals surface area contributed by atoms with Crippen molar-refractivity contribution in [2.24, 2.45) is 0 Å². The number of nitrogens with zero attached hydrogens (tertiary/aromatic N) is 1. The zero-order valence-electron chi connectivity index (χ0n) is 8.61. The summed E-state index contributed by atoms with van der Waals surface area (Å²) in [6.45, 7) is 0. The van der Waals surface area contributed by atoms with Crippen molar-refractivity contribution in [2.45, 2.75) is 11.8 Å². The molecule has 0 radical (unpaired) electrons. The Morgan fingerprint density at radius 1 is 1.19 bits per heavy atom. The van der Waals surface area contributed by atoms with Gasteiger partial charge in [0.1, 0.15) is 0 Å². The van der Waals surface area contributed by atoms with Crippen LogP contribution >= 0.6 is 34.2 Å². The third-order valence-electron chi connectivity index (χ3n) is 2.37. The largest absolute Gasteiger partial charge is 0.265 e. The molecule has 0 saturated heterocycles. The van der Waals surface area contributed by atoms with Crippen LogP contribution in [0.4, 0.5) is 0 Å². The minimum Gasteiger partial charge on any atom is -0.265 e. The van der Waals surface area contributed by atoms with Crippen molar-refractivity contribution in [3.05, 3.63) is 63.5 Å². The van der Waals surface area contributed by atoms with Crippen molar-refractivity contribution < 1.29 is 0 Å². The summed E-state index contributed by atoms with van der Waals surface area (Å²) >= 11 is 8.69. The van der Waals surface area contributed by atoms with E-state index >= 15 is 0 Å². The average Bonchev–Trinajstić information content (AvgIpc) is 2.30. The summed E-state index contributed by atoms with van der Waals surface area (Å²) in [6, 6.07) is 12.3. The molecule has 1 aromatic carbocycles. The van der Waals surface area contributed by atoms with E-state index in [9.17, 15) is 0 Å². The van der Waals surface area contributed by atoms with E-state index in [2.05, 4.69) is 45.8 Å². The van der Waals surface area contributed by atoms with Crippen molar-refractivity contribution in [3.8, 4) is 0 Å². The summed E-state index contributed by atoms with van der Waals surface area (Å²) in [6.07, 6.45) is 4.44. The average molecular weight is 344 g/mol. The van der Waals surface area contributed by atoms with Crippen LogP contribution in [0.3, 0.4) is 0 Å². The highest BCUT2D eigenvalue weighted by Crippen LogP contribution is 2.25. The predicted octanol–water partition coefficient (Wildman–Crippen LogP) is 4.21. The highest BCUT2D eigenvalue weighted by molar-refractivity contribution is 14.1. The van der Waals surface area contributed by atoms with Gasteiger partial charge in [0, 0.05) is 16.0 Å². The molecule has 2 rings (SSSR count). The Kier molecular flexibility index (Phi) is 4.18. The lowest BCUT2D eigenvalue weighted by atomic mass is 10.1. The molecule has 16 heavy (non-hydrogen) atoms. The van der Waals surface area contributed by atoms with Crippen LogP contribution in [-0.2, 0) is 6.42 Å². The first-order valence-electron chi connectivity index (χ1n) is 5.04. The summed E-state index contributed by atoms with van der Waals surface area (Å²) in [7, 11) is 0. The van der Waals surface area contributed by atoms with Crippen LogP contribution in [-0.4, -0.2) is 4.98 Å². The first kappa shape index (κ1) is 11.9. The van der Waals surface area contributed by atoms with E-state index in [0.29, 0.717) is 0 Å². The van der Waals surface area contributed by atoms with E-state index in [0.717, 1.165) is 6.42 Å². The molecule has 1 unspecified atom stereocenters. The lowest BCUT2D eigenvalue weighted by Gasteiger charge is -2.10. The summed E-state index contributed by atoms with van der Waals surface area (Å²) in [5, 5.41) is 0.0251. The van der Waals surface area contributed by atoms with E-state index in [-0.39, 0.29) is 5.38 Å². The van der Waals surface area contributed by atoms with Gasteiger partial charge in [0.15, 0.2) is 0 Å². The number of benzene rings is 1. The van der Waals surface area contributed by atoms with Crippen molar-refractivity contribution in [1.29, 1.82) is 0 Å². The van der Waals surface area contributed by atoms with Gasteiger partial charge in [0.05, 0.1) is 5.38 Å². The molecule has 3 heteroatoms. The molecule has 0 aliphatic rings. The van der Waals surface area contributed by atoms with Crippen molar-refractivity contribution in [1.82, 2.24) is 4.98 Å². The quantitative estimate of drug-likeness (QED) is 0.601. The van der Waals surface area contributed by atoms with Crippen LogP contribution in [0.2, 0.25) is 0 Å². The minimum absolute atomic E-state index is 0.0251. The third-order valence-corrected chi connectivity index (χ3v) is 3.45. The van der Waals surface area contributed by atoms with Crippen LogP contribution in [0.15, 0.2) is 48.8 Å². The monoisotopic (exact) mass is 343 g/mol. The molecule has 0 bridgehead atoms. The first-order valence-corrected chi connectivity index (χ1v) is 6.55. The fourth-order valence-corrected chi connectivity index (χ4v) is 2.43. The molecule has 2 aromatic rings. The molecule has 0 saturated carbocycles. The Morgan fingerprint density at radius 2 is 1.94 bits per heavy atom. The maximum Gasteiger partial charge on any atom is 0.0625 e. The number of hydrogen-bond donors (Lipinski definition) is 0. The second-order valence-electron chi connectivity index (χ2n) is 3.58. The van der Waals surface area contributed by atoms with E-state index in [1.165, 1.54) is 14.7 Å². The Bertz CT molecular complexity index is 458. The molecule has 1 heterocycles. The van der Waals surface area contributed by atoms with Gasteiger partial charge >= 0.3 is 0 Å². The predicted molar refractivity (Wildman–Crippen MR) is 75.7 cm³/mol. The van der Waals surface area contributed by atoms with E-state index < -0.39 is 0 Å². The number of alkyl halides is 1. The highest BCUT2D eigenvalue weighted by atomic mass is 127. The molecule has 1 nitrogen and oxygen atoms in total. The van der Waals surface area contributed by atoms with Crippen LogP contribution in [0.1, 0.15) is 16.5 Å². The number of rotatable bonds is 3. The van der Waals surface area contributed by atoms with Gasteiger partial charge in [0.2, 0.25) is 0 Å². The van der Waals surface area contributed by atoms with Crippen molar-refractivity contribution >= 4 is 34.2 Å². The van der Waals surface area contributed by atoms with E-state index in [1.807, 2.05) is 18.2 Å². The summed E-state index contributed by atoms with van der Waals surface area (Å²) in [4.78, 5) is 4.00. The topological polar surface area (TPSA) is 12.9 Å². The maximum atomic E-state index is 6.39. The lowest BCUT2D eigenvalue weighted by molar-refractivity contribution is 0.915.